The number of aromatic nitrogens is 2. The van der Waals surface area contributed by atoms with Crippen LogP contribution in [0.25, 0.3) is 0 Å². The number of ether oxygens (including phenoxy) is 1. The molecule has 8 heteroatoms. The Balaban J connectivity index is 2.30. The van der Waals surface area contributed by atoms with Gasteiger partial charge in [0.15, 0.2) is 5.69 Å². The number of anilines is 2. The van der Waals surface area contributed by atoms with Gasteiger partial charge in [0.25, 0.3) is 11.5 Å². The maximum Gasteiger partial charge on any atom is 0.330 e. The van der Waals surface area contributed by atoms with Crippen LogP contribution in [0.1, 0.15) is 60.3 Å². The second kappa shape index (κ2) is 10.1. The van der Waals surface area contributed by atoms with Crippen LogP contribution in [0, 0.1) is 17.8 Å². The highest BCUT2D eigenvalue weighted by Gasteiger charge is 2.27. The van der Waals surface area contributed by atoms with Gasteiger partial charge in [-0.15, -0.1) is 0 Å². The second-order valence-electron chi connectivity index (χ2n) is 9.10. The van der Waals surface area contributed by atoms with Crippen LogP contribution in [-0.2, 0) is 16.1 Å². The van der Waals surface area contributed by atoms with Gasteiger partial charge in [0.2, 0.25) is 0 Å². The van der Waals surface area contributed by atoms with E-state index in [1.807, 2.05) is 27.7 Å². The summed E-state index contributed by atoms with van der Waals surface area (Å²) >= 11 is 0. The van der Waals surface area contributed by atoms with Gasteiger partial charge in [0.1, 0.15) is 12.4 Å². The number of amides is 1. The Kier molecular flexibility index (Phi) is 8.07. The molecule has 0 spiro atoms. The fourth-order valence-electron chi connectivity index (χ4n) is 3.86. The van der Waals surface area contributed by atoms with Crippen LogP contribution in [0.4, 0.5) is 11.5 Å². The highest BCUT2D eigenvalue weighted by Crippen LogP contribution is 2.26. The van der Waals surface area contributed by atoms with Gasteiger partial charge in [-0.1, -0.05) is 47.5 Å². The topological polar surface area (TPSA) is 110 Å². The van der Waals surface area contributed by atoms with Crippen molar-refractivity contribution in [2.24, 2.45) is 17.8 Å². The molecule has 2 unspecified atom stereocenters. The molecule has 0 saturated heterocycles. The third kappa shape index (κ3) is 6.19. The number of H-pyrrole nitrogens is 1. The molecule has 1 aliphatic carbocycles. The van der Waals surface area contributed by atoms with E-state index in [-0.39, 0.29) is 42.0 Å². The van der Waals surface area contributed by atoms with E-state index in [1.165, 1.54) is 15.9 Å². The minimum absolute atomic E-state index is 0.0211. The standard InChI is InChI=1S/C21H36N4O4/c1-13(2)10-24(17(26)12-29-16-8-6-7-15(5)9-16)18-19(22)25(11-14(3)4)21(28)23-20(18)27/h13-16H,6-12,22H2,1-5H3,(H,23,27,28). The van der Waals surface area contributed by atoms with E-state index in [0.717, 1.165) is 19.3 Å². The fraction of sp³-hybridized carbons (Fsp3) is 0.762. The minimum Gasteiger partial charge on any atom is -0.383 e. The number of nitrogens with two attached hydrogens (primary N) is 1. The number of nitrogen functional groups attached to an aromatic ring is 1. The molecule has 29 heavy (non-hydrogen) atoms. The zero-order chi connectivity index (χ0) is 21.7. The van der Waals surface area contributed by atoms with E-state index in [4.69, 9.17) is 10.5 Å². The van der Waals surface area contributed by atoms with Crippen molar-refractivity contribution >= 4 is 17.4 Å². The van der Waals surface area contributed by atoms with Crippen LogP contribution in [0.3, 0.4) is 0 Å². The van der Waals surface area contributed by atoms with Gasteiger partial charge in [0, 0.05) is 13.1 Å². The molecule has 0 radical (unpaired) electrons. The molecule has 2 atom stereocenters. The average Bonchev–Trinajstić information content (AvgIpc) is 2.62. The van der Waals surface area contributed by atoms with Crippen molar-refractivity contribution in [3.8, 4) is 0 Å². The number of nitrogens with one attached hydrogen (secondary N) is 1. The summed E-state index contributed by atoms with van der Waals surface area (Å²) in [7, 11) is 0. The van der Waals surface area contributed by atoms with Crippen molar-refractivity contribution in [1.82, 2.24) is 9.55 Å². The van der Waals surface area contributed by atoms with Crippen molar-refractivity contribution in [1.29, 1.82) is 0 Å². The van der Waals surface area contributed by atoms with Crippen LogP contribution in [0.5, 0.6) is 0 Å². The minimum atomic E-state index is -0.646. The van der Waals surface area contributed by atoms with E-state index in [9.17, 15) is 14.4 Å². The summed E-state index contributed by atoms with van der Waals surface area (Å²) in [6, 6.07) is 0. The molecule has 0 aromatic carbocycles. The molecular weight excluding hydrogens is 372 g/mol. The Morgan fingerprint density at radius 1 is 1.24 bits per heavy atom. The molecule has 1 aromatic heterocycles. The molecule has 1 aliphatic rings. The molecule has 0 aliphatic heterocycles. The Morgan fingerprint density at radius 3 is 2.52 bits per heavy atom. The summed E-state index contributed by atoms with van der Waals surface area (Å²) in [6.07, 6.45) is 4.25. The molecular formula is C21H36N4O4. The van der Waals surface area contributed by atoms with E-state index in [0.29, 0.717) is 19.0 Å². The van der Waals surface area contributed by atoms with Gasteiger partial charge >= 0.3 is 5.69 Å². The van der Waals surface area contributed by atoms with Gasteiger partial charge in [0.05, 0.1) is 6.10 Å². The van der Waals surface area contributed by atoms with E-state index in [1.54, 1.807) is 0 Å². The molecule has 1 saturated carbocycles. The van der Waals surface area contributed by atoms with Crippen LogP contribution >= 0.6 is 0 Å². The van der Waals surface area contributed by atoms with E-state index >= 15 is 0 Å². The van der Waals surface area contributed by atoms with E-state index in [2.05, 4.69) is 11.9 Å². The number of hydrogen-bond acceptors (Lipinski definition) is 5. The lowest BCUT2D eigenvalue weighted by Crippen LogP contribution is -2.44. The first kappa shape index (κ1) is 23.2. The van der Waals surface area contributed by atoms with Crippen molar-refractivity contribution in [3.63, 3.8) is 0 Å². The maximum atomic E-state index is 13.0. The lowest BCUT2D eigenvalue weighted by atomic mass is 9.89. The van der Waals surface area contributed by atoms with Crippen molar-refractivity contribution in [2.45, 2.75) is 73.0 Å². The molecule has 8 nitrogen and oxygen atoms in total. The number of nitrogens with zero attached hydrogens (tertiary/aromatic N) is 2. The Hall–Kier alpha value is -2.09. The summed E-state index contributed by atoms with van der Waals surface area (Å²) in [5, 5.41) is 0. The fourth-order valence-corrected chi connectivity index (χ4v) is 3.86. The lowest BCUT2D eigenvalue weighted by molar-refractivity contribution is -0.126. The van der Waals surface area contributed by atoms with Crippen LogP contribution in [0.15, 0.2) is 9.59 Å². The smallest absolute Gasteiger partial charge is 0.330 e. The molecule has 1 aromatic rings. The molecule has 164 valence electrons. The summed E-state index contributed by atoms with van der Waals surface area (Å²) < 4.78 is 7.21. The second-order valence-corrected chi connectivity index (χ2v) is 9.10. The average molecular weight is 409 g/mol. The number of carbonyl (C=O) groups excluding carboxylic acids is 1. The largest absolute Gasteiger partial charge is 0.383 e. The van der Waals surface area contributed by atoms with Gasteiger partial charge in [-0.25, -0.2) is 4.79 Å². The van der Waals surface area contributed by atoms with Gasteiger partial charge in [-0.2, -0.15) is 0 Å². The number of carbonyl (C=O) groups is 1. The van der Waals surface area contributed by atoms with Crippen molar-refractivity contribution in [3.05, 3.63) is 20.8 Å². The highest BCUT2D eigenvalue weighted by molar-refractivity contribution is 5.96. The summed E-state index contributed by atoms with van der Waals surface area (Å²) in [4.78, 5) is 41.5. The molecule has 0 bridgehead atoms. The summed E-state index contributed by atoms with van der Waals surface area (Å²) in [5.41, 5.74) is 5.04. The first-order chi connectivity index (χ1) is 13.6. The molecule has 1 amide bonds. The quantitative estimate of drug-likeness (QED) is 0.686. The predicted octanol–water partition coefficient (Wildman–Crippen LogP) is 2.36. The zero-order valence-electron chi connectivity index (χ0n) is 18.4. The monoisotopic (exact) mass is 408 g/mol. The van der Waals surface area contributed by atoms with Crippen LogP contribution in [0.2, 0.25) is 0 Å². The zero-order valence-corrected chi connectivity index (χ0v) is 18.4. The molecule has 1 heterocycles. The van der Waals surface area contributed by atoms with Gasteiger partial charge < -0.3 is 15.4 Å². The molecule has 1 fully saturated rings. The molecule has 2 rings (SSSR count). The number of aromatic amines is 1. The Bertz CT molecular complexity index is 812. The number of rotatable bonds is 8. The SMILES string of the molecule is CC(C)CN(C(=O)COC1CCCC(C)C1)c1c(N)n(CC(C)C)c(=O)[nH]c1=O. The van der Waals surface area contributed by atoms with Crippen molar-refractivity contribution < 1.29 is 9.53 Å². The summed E-state index contributed by atoms with van der Waals surface area (Å²) in [5.74, 6) is 0.558. The highest BCUT2D eigenvalue weighted by atomic mass is 16.5. The Morgan fingerprint density at radius 2 is 1.93 bits per heavy atom. The first-order valence-electron chi connectivity index (χ1n) is 10.6. The summed E-state index contributed by atoms with van der Waals surface area (Å²) in [6.45, 7) is 10.6. The normalized spacial score (nSPS) is 19.7. The predicted molar refractivity (Wildman–Crippen MR) is 115 cm³/mol. The third-order valence-electron chi connectivity index (χ3n) is 5.21. The maximum absolute atomic E-state index is 13.0. The van der Waals surface area contributed by atoms with E-state index < -0.39 is 11.2 Å². The lowest BCUT2D eigenvalue weighted by Gasteiger charge is -2.29. The first-order valence-corrected chi connectivity index (χ1v) is 10.6. The Labute approximate surface area is 172 Å². The van der Waals surface area contributed by atoms with Crippen LogP contribution in [-0.4, -0.2) is 34.7 Å². The molecule has 3 N–H and O–H groups in total. The number of hydrogen-bond donors (Lipinski definition) is 2. The van der Waals surface area contributed by atoms with Crippen molar-refractivity contribution in [2.75, 3.05) is 23.8 Å². The van der Waals surface area contributed by atoms with Crippen LogP contribution < -0.4 is 21.9 Å². The van der Waals surface area contributed by atoms with Gasteiger partial charge in [-0.3, -0.25) is 19.1 Å². The van der Waals surface area contributed by atoms with Gasteiger partial charge in [-0.05, 0) is 30.6 Å². The third-order valence-corrected chi connectivity index (χ3v) is 5.21.